The Morgan fingerprint density at radius 1 is 1.08 bits per heavy atom. The van der Waals surface area contributed by atoms with E-state index in [0.29, 0.717) is 0 Å². The Kier molecular flexibility index (Phi) is 2.99. The molecule has 6 heteroatoms. The molecule has 72 valence electrons. The fraction of sp³-hybridized carbons (Fsp3) is 1.00. The molecule has 0 aromatic carbocycles. The molecule has 0 saturated carbocycles. The molecule has 0 aromatic heterocycles. The lowest BCUT2D eigenvalue weighted by Gasteiger charge is -2.43. The van der Waals surface area contributed by atoms with Gasteiger partial charge in [-0.2, -0.15) is 0 Å². The Morgan fingerprint density at radius 2 is 1.67 bits per heavy atom. The van der Waals surface area contributed by atoms with Crippen molar-refractivity contribution in [1.29, 1.82) is 0 Å². The van der Waals surface area contributed by atoms with Crippen LogP contribution in [0.4, 0.5) is 0 Å². The number of ether oxygens (including phenoxy) is 1. The smallest absolute Gasteiger partial charge is 0.111 e. The van der Waals surface area contributed by atoms with Crippen molar-refractivity contribution in [3.63, 3.8) is 0 Å². The van der Waals surface area contributed by atoms with Crippen molar-refractivity contribution in [2.45, 2.75) is 30.7 Å². The molecule has 0 unspecified atom stereocenters. The van der Waals surface area contributed by atoms with Gasteiger partial charge in [0, 0.05) is 6.29 Å². The average Bonchev–Trinajstić information content (AvgIpc) is 2.08. The van der Waals surface area contributed by atoms with Gasteiger partial charge in [0.2, 0.25) is 0 Å². The first-order chi connectivity index (χ1) is 5.57. The Morgan fingerprint density at radius 3 is 2.17 bits per heavy atom. The van der Waals surface area contributed by atoms with Crippen LogP contribution in [0.3, 0.4) is 0 Å². The summed E-state index contributed by atoms with van der Waals surface area (Å²) in [5.41, 5.74) is 0. The number of aliphatic hydroxyl groups is 4. The van der Waals surface area contributed by atoms with Gasteiger partial charge in [0.1, 0.15) is 18.3 Å². The molecular weight excluding hydrogens is 168 g/mol. The highest BCUT2D eigenvalue weighted by Crippen LogP contribution is 2.17. The number of hydrogen-bond donors (Lipinski definition) is 4. The van der Waals surface area contributed by atoms with Crippen LogP contribution in [-0.2, 0) is 4.74 Å². The zero-order chi connectivity index (χ0) is 9.30. The maximum absolute atomic E-state index is 10.7. The zero-order valence-corrected chi connectivity index (χ0v) is 6.20. The second-order valence-electron chi connectivity index (χ2n) is 2.70. The number of hydrogen-bond acceptors (Lipinski definition) is 6. The molecule has 1 heterocycles. The molecule has 4 N–H and O–H groups in total. The molecule has 1 rings (SSSR count). The van der Waals surface area contributed by atoms with Crippen molar-refractivity contribution in [1.82, 2.24) is 0 Å². The summed E-state index contributed by atoms with van der Waals surface area (Å²) in [5.74, 6) is 0. The fourth-order valence-electron chi connectivity index (χ4n) is 1.07. The third kappa shape index (κ3) is 1.58. The van der Waals surface area contributed by atoms with Crippen LogP contribution in [0.5, 0.6) is 0 Å². The van der Waals surface area contributed by atoms with Gasteiger partial charge in [0.25, 0.3) is 0 Å². The maximum atomic E-state index is 10.7. The SMILES string of the molecule is [O-][C@@H]1O[C@H](CO)[C@H](O)[C@@H](O)[C@@H]1O. The first-order valence-electron chi connectivity index (χ1n) is 3.54. The van der Waals surface area contributed by atoms with Crippen LogP contribution in [0.2, 0.25) is 0 Å². The van der Waals surface area contributed by atoms with Gasteiger partial charge in [-0.05, 0) is 0 Å². The molecule has 0 amide bonds. The minimum Gasteiger partial charge on any atom is -0.829 e. The summed E-state index contributed by atoms with van der Waals surface area (Å²) in [4.78, 5) is 0. The molecule has 1 fully saturated rings. The monoisotopic (exact) mass is 179 g/mol. The molecule has 0 bridgehead atoms. The Hall–Kier alpha value is -0.240. The predicted octanol–water partition coefficient (Wildman–Crippen LogP) is -3.85. The molecule has 0 aliphatic carbocycles. The second kappa shape index (κ2) is 3.65. The number of rotatable bonds is 1. The van der Waals surface area contributed by atoms with Crippen LogP contribution >= 0.6 is 0 Å². The van der Waals surface area contributed by atoms with Crippen LogP contribution in [-0.4, -0.2) is 57.7 Å². The Bertz CT molecular complexity index is 146. The lowest BCUT2D eigenvalue weighted by Crippen LogP contribution is -2.62. The van der Waals surface area contributed by atoms with Gasteiger partial charge < -0.3 is 30.3 Å². The van der Waals surface area contributed by atoms with Crippen LogP contribution in [0, 0.1) is 0 Å². The highest BCUT2D eigenvalue weighted by atomic mass is 16.6. The molecule has 12 heavy (non-hydrogen) atoms. The van der Waals surface area contributed by atoms with Crippen molar-refractivity contribution in [3.05, 3.63) is 0 Å². The molecular formula is C6H11O6-. The van der Waals surface area contributed by atoms with E-state index in [0.717, 1.165) is 0 Å². The van der Waals surface area contributed by atoms with Crippen LogP contribution in [0.15, 0.2) is 0 Å². The molecule has 1 aliphatic heterocycles. The van der Waals surface area contributed by atoms with Gasteiger partial charge >= 0.3 is 0 Å². The van der Waals surface area contributed by atoms with E-state index in [1.165, 1.54) is 0 Å². The Balaban J connectivity index is 2.63. The molecule has 1 aliphatic rings. The quantitative estimate of drug-likeness (QED) is 0.328. The minimum atomic E-state index is -1.82. The van der Waals surface area contributed by atoms with Crippen LogP contribution in [0.25, 0.3) is 0 Å². The van der Waals surface area contributed by atoms with Gasteiger partial charge in [-0.1, -0.05) is 0 Å². The molecule has 5 atom stereocenters. The van der Waals surface area contributed by atoms with Gasteiger partial charge in [-0.3, -0.25) is 0 Å². The summed E-state index contributed by atoms with van der Waals surface area (Å²) in [6, 6.07) is 0. The van der Waals surface area contributed by atoms with Gasteiger partial charge in [-0.25, -0.2) is 0 Å². The van der Waals surface area contributed by atoms with E-state index < -0.39 is 37.3 Å². The third-order valence-corrected chi connectivity index (χ3v) is 1.85. The second-order valence-corrected chi connectivity index (χ2v) is 2.70. The largest absolute Gasteiger partial charge is 0.829 e. The maximum Gasteiger partial charge on any atom is 0.111 e. The van der Waals surface area contributed by atoms with E-state index in [4.69, 9.17) is 20.4 Å². The van der Waals surface area contributed by atoms with Crippen molar-refractivity contribution < 1.29 is 30.3 Å². The molecule has 0 radical (unpaired) electrons. The normalized spacial score (nSPS) is 49.2. The van der Waals surface area contributed by atoms with E-state index in [1.54, 1.807) is 0 Å². The molecule has 1 saturated heterocycles. The van der Waals surface area contributed by atoms with E-state index >= 15 is 0 Å². The van der Waals surface area contributed by atoms with E-state index in [-0.39, 0.29) is 0 Å². The van der Waals surface area contributed by atoms with E-state index in [1.807, 2.05) is 0 Å². The van der Waals surface area contributed by atoms with E-state index in [9.17, 15) is 5.11 Å². The minimum absolute atomic E-state index is 0.566. The summed E-state index contributed by atoms with van der Waals surface area (Å²) >= 11 is 0. The van der Waals surface area contributed by atoms with Crippen molar-refractivity contribution in [2.24, 2.45) is 0 Å². The van der Waals surface area contributed by atoms with Gasteiger partial charge in [0.05, 0.1) is 12.7 Å². The van der Waals surface area contributed by atoms with Gasteiger partial charge in [-0.15, -0.1) is 0 Å². The average molecular weight is 179 g/mol. The zero-order valence-electron chi connectivity index (χ0n) is 6.20. The van der Waals surface area contributed by atoms with Crippen LogP contribution < -0.4 is 5.11 Å². The van der Waals surface area contributed by atoms with Crippen LogP contribution in [0.1, 0.15) is 0 Å². The third-order valence-electron chi connectivity index (χ3n) is 1.85. The van der Waals surface area contributed by atoms with Crippen molar-refractivity contribution in [3.8, 4) is 0 Å². The number of aliphatic hydroxyl groups excluding tert-OH is 4. The molecule has 0 spiro atoms. The predicted molar refractivity (Wildman–Crippen MR) is 33.8 cm³/mol. The van der Waals surface area contributed by atoms with Crippen molar-refractivity contribution in [2.75, 3.05) is 6.61 Å². The summed E-state index contributed by atoms with van der Waals surface area (Å²) in [5, 5.41) is 46.3. The first kappa shape index (κ1) is 9.85. The lowest BCUT2D eigenvalue weighted by atomic mass is 10.00. The highest BCUT2D eigenvalue weighted by Gasteiger charge is 2.38. The fourth-order valence-corrected chi connectivity index (χ4v) is 1.07. The summed E-state index contributed by atoms with van der Waals surface area (Å²) in [6.45, 7) is -0.566. The highest BCUT2D eigenvalue weighted by molar-refractivity contribution is 4.87. The summed E-state index contributed by atoms with van der Waals surface area (Å²) in [6.07, 6.45) is -7.57. The molecule has 0 aromatic rings. The topological polar surface area (TPSA) is 113 Å². The van der Waals surface area contributed by atoms with E-state index in [2.05, 4.69) is 4.74 Å². The summed E-state index contributed by atoms with van der Waals surface area (Å²) in [7, 11) is 0. The summed E-state index contributed by atoms with van der Waals surface area (Å²) < 4.78 is 4.46. The van der Waals surface area contributed by atoms with Gasteiger partial charge in [0.15, 0.2) is 0 Å². The standard InChI is InChI=1S/C6H11O6/c7-1-2-3(8)4(9)5(10)6(11)12-2/h2-10H,1H2/q-1/t2-,3+,4-,5+,6-/m1/s1. The lowest BCUT2D eigenvalue weighted by molar-refractivity contribution is -0.532. The molecule has 6 nitrogen and oxygen atoms in total. The Labute approximate surface area is 68.6 Å². The van der Waals surface area contributed by atoms with Crippen molar-refractivity contribution >= 4 is 0 Å². The first-order valence-corrected chi connectivity index (χ1v) is 3.54.